The summed E-state index contributed by atoms with van der Waals surface area (Å²) in [6, 6.07) is 0. The van der Waals surface area contributed by atoms with Gasteiger partial charge in [0.15, 0.2) is 0 Å². The monoisotopic (exact) mass is 239 g/mol. The van der Waals surface area contributed by atoms with E-state index in [0.29, 0.717) is 0 Å². The van der Waals surface area contributed by atoms with Crippen LogP contribution in [0.3, 0.4) is 0 Å². The van der Waals surface area contributed by atoms with Crippen LogP contribution in [0.2, 0.25) is 0 Å². The van der Waals surface area contributed by atoms with Crippen LogP contribution in [0.15, 0.2) is 11.6 Å². The quantitative estimate of drug-likeness (QED) is 0.825. The van der Waals surface area contributed by atoms with Gasteiger partial charge < -0.3 is 10.6 Å². The molecule has 0 amide bonds. The molecule has 1 atom stereocenters. The Labute approximate surface area is 102 Å². The first kappa shape index (κ1) is 12.0. The van der Waals surface area contributed by atoms with Crippen molar-refractivity contribution >= 4 is 11.3 Å². The summed E-state index contributed by atoms with van der Waals surface area (Å²) in [5.74, 6) is 0.861. The van der Waals surface area contributed by atoms with Crippen LogP contribution in [-0.2, 0) is 5.54 Å². The molecule has 16 heavy (non-hydrogen) atoms. The van der Waals surface area contributed by atoms with Gasteiger partial charge in [0.05, 0.1) is 5.54 Å². The highest BCUT2D eigenvalue weighted by molar-refractivity contribution is 7.09. The third kappa shape index (κ3) is 3.03. The molecule has 1 fully saturated rings. The third-order valence-corrected chi connectivity index (χ3v) is 4.35. The minimum absolute atomic E-state index is 0.0141. The first-order chi connectivity index (χ1) is 7.68. The van der Waals surface area contributed by atoms with Crippen molar-refractivity contribution in [3.8, 4) is 0 Å². The van der Waals surface area contributed by atoms with E-state index >= 15 is 0 Å². The van der Waals surface area contributed by atoms with Gasteiger partial charge in [0.1, 0.15) is 5.01 Å². The Morgan fingerprint density at radius 1 is 1.62 bits per heavy atom. The first-order valence-corrected chi connectivity index (χ1v) is 6.92. The molecule has 1 aromatic rings. The van der Waals surface area contributed by atoms with Crippen LogP contribution in [0.4, 0.5) is 0 Å². The van der Waals surface area contributed by atoms with Crippen molar-refractivity contribution in [2.24, 2.45) is 5.92 Å². The molecule has 1 saturated heterocycles. The second-order valence-electron chi connectivity index (χ2n) is 5.04. The Balaban J connectivity index is 1.76. The predicted molar refractivity (Wildman–Crippen MR) is 68.7 cm³/mol. The lowest BCUT2D eigenvalue weighted by atomic mass is 10.0. The molecule has 0 bridgehead atoms. The predicted octanol–water partition coefficient (Wildman–Crippen LogP) is 1.97. The highest BCUT2D eigenvalue weighted by Crippen LogP contribution is 2.22. The van der Waals surface area contributed by atoms with Gasteiger partial charge in [-0.25, -0.2) is 4.98 Å². The smallest absolute Gasteiger partial charge is 0.112 e. The lowest BCUT2D eigenvalue weighted by Crippen LogP contribution is -2.37. The zero-order valence-electron chi connectivity index (χ0n) is 10.1. The molecule has 0 spiro atoms. The average Bonchev–Trinajstić information content (AvgIpc) is 2.90. The molecular weight excluding hydrogens is 218 g/mol. The molecule has 3 nitrogen and oxygen atoms in total. The van der Waals surface area contributed by atoms with Crippen molar-refractivity contribution in [1.29, 1.82) is 0 Å². The van der Waals surface area contributed by atoms with E-state index in [1.54, 1.807) is 11.3 Å². The Bertz CT molecular complexity index is 302. The largest absolute Gasteiger partial charge is 0.316 e. The van der Waals surface area contributed by atoms with Crippen LogP contribution in [-0.4, -0.2) is 24.6 Å². The maximum atomic E-state index is 4.38. The number of thiazole rings is 1. The fraction of sp³-hybridized carbons (Fsp3) is 0.750. The van der Waals surface area contributed by atoms with Gasteiger partial charge in [-0.3, -0.25) is 0 Å². The molecule has 1 aliphatic rings. The summed E-state index contributed by atoms with van der Waals surface area (Å²) < 4.78 is 0. The van der Waals surface area contributed by atoms with Crippen LogP contribution < -0.4 is 10.6 Å². The number of nitrogens with zero attached hydrogens (tertiary/aromatic N) is 1. The van der Waals surface area contributed by atoms with E-state index in [1.807, 2.05) is 11.6 Å². The van der Waals surface area contributed by atoms with Gasteiger partial charge in [-0.2, -0.15) is 0 Å². The fourth-order valence-electron chi connectivity index (χ4n) is 2.16. The van der Waals surface area contributed by atoms with Gasteiger partial charge in [-0.1, -0.05) is 0 Å². The molecule has 1 unspecified atom stereocenters. The Morgan fingerprint density at radius 3 is 3.12 bits per heavy atom. The number of rotatable bonds is 5. The van der Waals surface area contributed by atoms with E-state index in [-0.39, 0.29) is 5.54 Å². The third-order valence-electron chi connectivity index (χ3n) is 3.25. The average molecular weight is 239 g/mol. The minimum atomic E-state index is 0.0141. The highest BCUT2D eigenvalue weighted by Gasteiger charge is 2.23. The molecule has 0 aliphatic carbocycles. The summed E-state index contributed by atoms with van der Waals surface area (Å²) in [6.07, 6.45) is 4.48. The Hall–Kier alpha value is -0.450. The summed E-state index contributed by atoms with van der Waals surface area (Å²) in [6.45, 7) is 7.89. The van der Waals surface area contributed by atoms with Crippen molar-refractivity contribution in [3.63, 3.8) is 0 Å². The van der Waals surface area contributed by atoms with E-state index in [1.165, 1.54) is 30.9 Å². The molecule has 0 saturated carbocycles. The minimum Gasteiger partial charge on any atom is -0.316 e. The summed E-state index contributed by atoms with van der Waals surface area (Å²) in [7, 11) is 0. The van der Waals surface area contributed by atoms with Crippen LogP contribution >= 0.6 is 11.3 Å². The SMILES string of the molecule is CC(C)(NCCC1CCNC1)c1nccs1. The molecule has 2 heterocycles. The molecular formula is C12H21N3S. The summed E-state index contributed by atoms with van der Waals surface area (Å²) >= 11 is 1.73. The lowest BCUT2D eigenvalue weighted by molar-refractivity contribution is 0.375. The van der Waals surface area contributed by atoms with Crippen molar-refractivity contribution in [2.45, 2.75) is 32.2 Å². The topological polar surface area (TPSA) is 37.0 Å². The normalized spacial score (nSPS) is 21.5. The summed E-state index contributed by atoms with van der Waals surface area (Å²) in [5, 5.41) is 10.2. The van der Waals surface area contributed by atoms with Crippen molar-refractivity contribution in [2.75, 3.05) is 19.6 Å². The Kier molecular flexibility index (Phi) is 3.95. The van der Waals surface area contributed by atoms with Crippen molar-refractivity contribution in [3.05, 3.63) is 16.6 Å². The summed E-state index contributed by atoms with van der Waals surface area (Å²) in [4.78, 5) is 4.38. The van der Waals surface area contributed by atoms with E-state index < -0.39 is 0 Å². The highest BCUT2D eigenvalue weighted by atomic mass is 32.1. The van der Waals surface area contributed by atoms with Gasteiger partial charge >= 0.3 is 0 Å². The molecule has 0 radical (unpaired) electrons. The first-order valence-electron chi connectivity index (χ1n) is 6.04. The van der Waals surface area contributed by atoms with Crippen LogP contribution in [0, 0.1) is 5.92 Å². The molecule has 2 N–H and O–H groups in total. The van der Waals surface area contributed by atoms with Crippen molar-refractivity contribution in [1.82, 2.24) is 15.6 Å². The van der Waals surface area contributed by atoms with Gasteiger partial charge in [0.25, 0.3) is 0 Å². The van der Waals surface area contributed by atoms with Crippen LogP contribution in [0.1, 0.15) is 31.7 Å². The molecule has 2 rings (SSSR count). The maximum absolute atomic E-state index is 4.38. The second-order valence-corrected chi connectivity index (χ2v) is 5.93. The zero-order chi connectivity index (χ0) is 11.4. The second kappa shape index (κ2) is 5.25. The molecule has 90 valence electrons. The molecule has 1 aliphatic heterocycles. The van der Waals surface area contributed by atoms with E-state index in [4.69, 9.17) is 0 Å². The van der Waals surface area contributed by atoms with Crippen LogP contribution in [0.25, 0.3) is 0 Å². The number of aromatic nitrogens is 1. The van der Waals surface area contributed by atoms with Gasteiger partial charge in [0, 0.05) is 11.6 Å². The molecule has 4 heteroatoms. The lowest BCUT2D eigenvalue weighted by Gasteiger charge is -2.24. The zero-order valence-corrected chi connectivity index (χ0v) is 10.9. The molecule has 0 aromatic carbocycles. The number of nitrogens with one attached hydrogen (secondary N) is 2. The number of hydrogen-bond acceptors (Lipinski definition) is 4. The van der Waals surface area contributed by atoms with Gasteiger partial charge in [-0.15, -0.1) is 11.3 Å². The van der Waals surface area contributed by atoms with E-state index in [0.717, 1.165) is 12.5 Å². The van der Waals surface area contributed by atoms with Gasteiger partial charge in [0.2, 0.25) is 0 Å². The summed E-state index contributed by atoms with van der Waals surface area (Å²) in [5.41, 5.74) is 0.0141. The van der Waals surface area contributed by atoms with Crippen LogP contribution in [0.5, 0.6) is 0 Å². The fourth-order valence-corrected chi connectivity index (χ4v) is 2.90. The standard InChI is InChI=1S/C12H21N3S/c1-12(2,11-14-7-8-16-11)15-6-4-10-3-5-13-9-10/h7-8,10,13,15H,3-6,9H2,1-2H3. The maximum Gasteiger partial charge on any atom is 0.112 e. The Morgan fingerprint density at radius 2 is 2.50 bits per heavy atom. The van der Waals surface area contributed by atoms with E-state index in [9.17, 15) is 0 Å². The number of hydrogen-bond donors (Lipinski definition) is 2. The molecule has 1 aromatic heterocycles. The van der Waals surface area contributed by atoms with Gasteiger partial charge in [-0.05, 0) is 52.2 Å². The van der Waals surface area contributed by atoms with Crippen molar-refractivity contribution < 1.29 is 0 Å². The van der Waals surface area contributed by atoms with E-state index in [2.05, 4.69) is 29.5 Å².